The molecule has 21 heavy (non-hydrogen) atoms. The van der Waals surface area contributed by atoms with Gasteiger partial charge in [0.25, 0.3) is 0 Å². The van der Waals surface area contributed by atoms with Crippen LogP contribution in [0, 0.1) is 0 Å². The molecule has 1 fully saturated rings. The van der Waals surface area contributed by atoms with E-state index in [9.17, 15) is 9.90 Å². The van der Waals surface area contributed by atoms with Crippen LogP contribution < -0.4 is 5.32 Å². The summed E-state index contributed by atoms with van der Waals surface area (Å²) in [5, 5.41) is 13.4. The maximum absolute atomic E-state index is 12.3. The van der Waals surface area contributed by atoms with Crippen molar-refractivity contribution in [1.82, 2.24) is 5.32 Å². The van der Waals surface area contributed by atoms with E-state index in [-0.39, 0.29) is 12.3 Å². The molecule has 0 radical (unpaired) electrons. The molecule has 0 aliphatic heterocycles. The predicted octanol–water partition coefficient (Wildman–Crippen LogP) is 2.36. The lowest BCUT2D eigenvalue weighted by Gasteiger charge is -2.32. The van der Waals surface area contributed by atoms with Crippen LogP contribution in [0.1, 0.15) is 44.6 Å². The van der Waals surface area contributed by atoms with Gasteiger partial charge in [-0.3, -0.25) is 4.79 Å². The first-order valence-electron chi connectivity index (χ1n) is 7.55. The molecule has 0 heterocycles. The monoisotopic (exact) mass is 291 g/mol. The molecular weight excluding hydrogens is 266 g/mol. The number of aliphatic hydroxyl groups is 1. The van der Waals surface area contributed by atoms with Crippen LogP contribution in [0.4, 0.5) is 0 Å². The minimum absolute atomic E-state index is 0.122. The Morgan fingerprint density at radius 3 is 2.52 bits per heavy atom. The molecule has 1 aromatic carbocycles. The van der Waals surface area contributed by atoms with Crippen molar-refractivity contribution in [2.75, 3.05) is 13.7 Å². The molecule has 116 valence electrons. The Morgan fingerprint density at radius 1 is 1.33 bits per heavy atom. The number of carbonyl (C=O) groups is 1. The maximum Gasteiger partial charge on any atom is 0.223 e. The van der Waals surface area contributed by atoms with Crippen LogP contribution in [0.25, 0.3) is 0 Å². The highest BCUT2D eigenvalue weighted by molar-refractivity contribution is 5.78. The Morgan fingerprint density at radius 2 is 1.95 bits per heavy atom. The van der Waals surface area contributed by atoms with Gasteiger partial charge in [0.1, 0.15) is 0 Å². The second kappa shape index (κ2) is 6.58. The van der Waals surface area contributed by atoms with E-state index in [2.05, 4.69) is 5.32 Å². The zero-order chi connectivity index (χ0) is 15.3. The molecule has 1 aromatic rings. The minimum atomic E-state index is -0.825. The van der Waals surface area contributed by atoms with Gasteiger partial charge in [-0.1, -0.05) is 43.2 Å². The number of methoxy groups -OCH3 is 1. The van der Waals surface area contributed by atoms with E-state index in [0.717, 1.165) is 18.4 Å². The van der Waals surface area contributed by atoms with Gasteiger partial charge in [0, 0.05) is 7.11 Å². The molecular formula is C17H25NO3. The first-order chi connectivity index (χ1) is 9.97. The van der Waals surface area contributed by atoms with E-state index >= 15 is 0 Å². The van der Waals surface area contributed by atoms with E-state index in [4.69, 9.17) is 4.74 Å². The summed E-state index contributed by atoms with van der Waals surface area (Å²) < 4.78 is 5.28. The average molecular weight is 291 g/mol. The highest BCUT2D eigenvalue weighted by Gasteiger charge is 2.36. The minimum Gasteiger partial charge on any atom is -0.389 e. The molecule has 4 heteroatoms. The first kappa shape index (κ1) is 16.0. The lowest BCUT2D eigenvalue weighted by atomic mass is 9.91. The molecule has 1 saturated carbocycles. The van der Waals surface area contributed by atoms with Gasteiger partial charge in [-0.15, -0.1) is 0 Å². The van der Waals surface area contributed by atoms with Gasteiger partial charge in [-0.25, -0.2) is 0 Å². The summed E-state index contributed by atoms with van der Waals surface area (Å²) in [6, 6.07) is 9.78. The van der Waals surface area contributed by atoms with E-state index in [1.54, 1.807) is 7.11 Å². The Balaban J connectivity index is 2.07. The third-order valence-electron chi connectivity index (χ3n) is 4.28. The van der Waals surface area contributed by atoms with Crippen LogP contribution in [0.2, 0.25) is 0 Å². The molecule has 4 nitrogen and oxygen atoms in total. The number of hydrogen-bond donors (Lipinski definition) is 2. The Bertz CT molecular complexity index is 468. The SMILES string of the molecule is COCC(C)(NC(=O)CC1(O)CCCC1)c1ccccc1. The van der Waals surface area contributed by atoms with Gasteiger partial charge in [0.05, 0.1) is 24.2 Å². The zero-order valence-corrected chi connectivity index (χ0v) is 12.9. The van der Waals surface area contributed by atoms with E-state index in [1.807, 2.05) is 37.3 Å². The summed E-state index contributed by atoms with van der Waals surface area (Å²) in [7, 11) is 1.62. The number of nitrogens with one attached hydrogen (secondary N) is 1. The van der Waals surface area contributed by atoms with Crippen molar-refractivity contribution in [3.05, 3.63) is 35.9 Å². The third-order valence-corrected chi connectivity index (χ3v) is 4.28. The summed E-state index contributed by atoms with van der Waals surface area (Å²) in [6.45, 7) is 2.34. The molecule has 0 aromatic heterocycles. The van der Waals surface area contributed by atoms with E-state index < -0.39 is 11.1 Å². The summed E-state index contributed by atoms with van der Waals surface area (Å²) in [5.41, 5.74) is -0.407. The number of carbonyl (C=O) groups excluding carboxylic acids is 1. The van der Waals surface area contributed by atoms with E-state index in [0.29, 0.717) is 19.4 Å². The Labute approximate surface area is 126 Å². The molecule has 0 spiro atoms. The number of benzene rings is 1. The maximum atomic E-state index is 12.3. The van der Waals surface area contributed by atoms with Crippen molar-refractivity contribution in [1.29, 1.82) is 0 Å². The molecule has 1 aliphatic rings. The number of amides is 1. The summed E-state index contributed by atoms with van der Waals surface area (Å²) >= 11 is 0. The number of hydrogen-bond acceptors (Lipinski definition) is 3. The first-order valence-corrected chi connectivity index (χ1v) is 7.55. The zero-order valence-electron chi connectivity index (χ0n) is 12.9. The highest BCUT2D eigenvalue weighted by atomic mass is 16.5. The quantitative estimate of drug-likeness (QED) is 0.846. The number of rotatable bonds is 6. The normalized spacial score (nSPS) is 20.0. The molecule has 1 aliphatic carbocycles. The second-order valence-electron chi connectivity index (χ2n) is 6.29. The lowest BCUT2D eigenvalue weighted by Crippen LogP contribution is -2.48. The Hall–Kier alpha value is -1.39. The topological polar surface area (TPSA) is 58.6 Å². The van der Waals surface area contributed by atoms with Gasteiger partial charge in [-0.05, 0) is 25.3 Å². The fourth-order valence-corrected chi connectivity index (χ4v) is 3.15. The highest BCUT2D eigenvalue weighted by Crippen LogP contribution is 2.32. The molecule has 0 bridgehead atoms. The smallest absolute Gasteiger partial charge is 0.223 e. The van der Waals surface area contributed by atoms with Crippen LogP contribution in [-0.2, 0) is 15.1 Å². The fourth-order valence-electron chi connectivity index (χ4n) is 3.15. The lowest BCUT2D eigenvalue weighted by molar-refractivity contribution is -0.128. The van der Waals surface area contributed by atoms with Crippen molar-refractivity contribution < 1.29 is 14.6 Å². The molecule has 1 unspecified atom stereocenters. The van der Waals surface area contributed by atoms with Crippen molar-refractivity contribution in [3.8, 4) is 0 Å². The second-order valence-corrected chi connectivity index (χ2v) is 6.29. The van der Waals surface area contributed by atoms with Crippen LogP contribution in [-0.4, -0.2) is 30.3 Å². The van der Waals surface area contributed by atoms with Gasteiger partial charge in [0.2, 0.25) is 5.91 Å². The standard InChI is InChI=1S/C17H25NO3/c1-16(13-21-2,14-8-4-3-5-9-14)18-15(19)12-17(20)10-6-7-11-17/h3-5,8-9,20H,6-7,10-13H2,1-2H3,(H,18,19). The predicted molar refractivity (Wildman–Crippen MR) is 81.8 cm³/mol. The van der Waals surface area contributed by atoms with Gasteiger partial charge >= 0.3 is 0 Å². The van der Waals surface area contributed by atoms with Crippen LogP contribution in [0.15, 0.2) is 30.3 Å². The summed E-state index contributed by atoms with van der Waals surface area (Å²) in [4.78, 5) is 12.3. The average Bonchev–Trinajstić information content (AvgIpc) is 2.86. The summed E-state index contributed by atoms with van der Waals surface area (Å²) in [6.07, 6.45) is 3.59. The van der Waals surface area contributed by atoms with Crippen molar-refractivity contribution in [2.45, 2.75) is 50.2 Å². The van der Waals surface area contributed by atoms with Crippen molar-refractivity contribution in [3.63, 3.8) is 0 Å². The van der Waals surface area contributed by atoms with E-state index in [1.165, 1.54) is 0 Å². The Kier molecular flexibility index (Phi) is 5.01. The van der Waals surface area contributed by atoms with Gasteiger partial charge < -0.3 is 15.2 Å². The number of ether oxygens (including phenoxy) is 1. The largest absolute Gasteiger partial charge is 0.389 e. The van der Waals surface area contributed by atoms with Crippen LogP contribution in [0.5, 0.6) is 0 Å². The van der Waals surface area contributed by atoms with Crippen molar-refractivity contribution in [2.24, 2.45) is 0 Å². The molecule has 2 rings (SSSR count). The molecule has 0 saturated heterocycles. The van der Waals surface area contributed by atoms with Crippen LogP contribution in [0.3, 0.4) is 0 Å². The van der Waals surface area contributed by atoms with Gasteiger partial charge in [0.15, 0.2) is 0 Å². The molecule has 1 amide bonds. The van der Waals surface area contributed by atoms with Crippen LogP contribution >= 0.6 is 0 Å². The fraction of sp³-hybridized carbons (Fsp3) is 0.588. The van der Waals surface area contributed by atoms with Crippen molar-refractivity contribution >= 4 is 5.91 Å². The summed E-state index contributed by atoms with van der Waals surface area (Å²) in [5.74, 6) is -0.122. The molecule has 1 atom stereocenters. The third kappa shape index (κ3) is 4.05. The molecule has 2 N–H and O–H groups in total. The van der Waals surface area contributed by atoms with Gasteiger partial charge in [-0.2, -0.15) is 0 Å².